The van der Waals surface area contributed by atoms with Crippen molar-refractivity contribution < 1.29 is 14.3 Å². The Bertz CT molecular complexity index is 996. The maximum absolute atomic E-state index is 13.4. The first-order chi connectivity index (χ1) is 15.7. The normalized spacial score (nSPS) is 26.5. The third-order valence-corrected chi connectivity index (χ3v) is 6.90. The highest BCUT2D eigenvalue weighted by atomic mass is 35.5. The van der Waals surface area contributed by atoms with Crippen molar-refractivity contribution in [3.8, 4) is 11.8 Å². The molecule has 3 aliphatic heterocycles. The summed E-state index contributed by atoms with van der Waals surface area (Å²) in [5, 5.41) is 15.7. The summed E-state index contributed by atoms with van der Waals surface area (Å²) in [5.41, 5.74) is 0.0123. The number of hydrogen-bond donors (Lipinski definition) is 2. The molecule has 2 atom stereocenters. The highest BCUT2D eigenvalue weighted by Gasteiger charge is 2.46. The van der Waals surface area contributed by atoms with E-state index in [0.717, 1.165) is 31.5 Å². The van der Waals surface area contributed by atoms with Gasteiger partial charge in [0.1, 0.15) is 23.9 Å². The Hall–Kier alpha value is -2.56. The molecule has 1 aromatic carbocycles. The molecule has 7 nitrogen and oxygen atoms in total. The van der Waals surface area contributed by atoms with E-state index in [2.05, 4.69) is 41.5 Å². The van der Waals surface area contributed by atoms with Gasteiger partial charge in [-0.2, -0.15) is 5.26 Å². The Balaban J connectivity index is 1.61. The van der Waals surface area contributed by atoms with E-state index in [-0.39, 0.29) is 29.7 Å². The lowest BCUT2D eigenvalue weighted by Gasteiger charge is -2.26. The highest BCUT2D eigenvalue weighted by molar-refractivity contribution is 6.32. The average Bonchev–Trinajstić information content (AvgIpc) is 3.46. The summed E-state index contributed by atoms with van der Waals surface area (Å²) in [5.74, 6) is 0.0846. The molecule has 2 bridgehead atoms. The van der Waals surface area contributed by atoms with Crippen LogP contribution in [0.25, 0.3) is 0 Å². The summed E-state index contributed by atoms with van der Waals surface area (Å²) in [6.07, 6.45) is 7.08. The number of nitrogens with one attached hydrogen (secondary N) is 2. The van der Waals surface area contributed by atoms with Crippen LogP contribution in [0.1, 0.15) is 45.1 Å². The quantitative estimate of drug-likeness (QED) is 0.648. The molecular weight excluding hydrogens is 440 g/mol. The topological polar surface area (TPSA) is 94.5 Å². The van der Waals surface area contributed by atoms with Crippen LogP contribution >= 0.6 is 11.6 Å². The minimum atomic E-state index is -0.805. The third kappa shape index (κ3) is 5.69. The molecule has 33 heavy (non-hydrogen) atoms. The minimum Gasteiger partial charge on any atom is -0.488 e. The number of halogens is 1. The Labute approximate surface area is 200 Å². The second-order valence-electron chi connectivity index (χ2n) is 10.1. The second-order valence-corrected chi connectivity index (χ2v) is 10.5. The van der Waals surface area contributed by atoms with Gasteiger partial charge in [0.2, 0.25) is 11.8 Å². The predicted octanol–water partition coefficient (Wildman–Crippen LogP) is 2.98. The SMILES string of the molecule is CC1(C)CC2C(=O)NC(C(=O)NC3(C#N)CC3)Cc3ccc(c(Cl)c3)OCC=CCCN2C1. The molecule has 0 radical (unpaired) electrons. The zero-order chi connectivity index (χ0) is 23.6. The fourth-order valence-corrected chi connectivity index (χ4v) is 4.91. The smallest absolute Gasteiger partial charge is 0.244 e. The van der Waals surface area contributed by atoms with Crippen LogP contribution in [-0.2, 0) is 16.0 Å². The first-order valence-electron chi connectivity index (χ1n) is 11.5. The van der Waals surface area contributed by atoms with Crippen LogP contribution in [0.2, 0.25) is 5.02 Å². The van der Waals surface area contributed by atoms with Gasteiger partial charge < -0.3 is 15.4 Å². The third-order valence-electron chi connectivity index (χ3n) is 6.60. The van der Waals surface area contributed by atoms with Gasteiger partial charge in [-0.1, -0.05) is 43.7 Å². The summed E-state index contributed by atoms with van der Waals surface area (Å²) in [6.45, 7) is 6.31. The number of ether oxygens (including phenoxy) is 1. The van der Waals surface area contributed by atoms with Gasteiger partial charge in [0, 0.05) is 19.5 Å². The molecule has 1 saturated heterocycles. The van der Waals surface area contributed by atoms with Crippen LogP contribution < -0.4 is 15.4 Å². The highest BCUT2D eigenvalue weighted by Crippen LogP contribution is 2.35. The van der Waals surface area contributed by atoms with Crippen LogP contribution in [0.15, 0.2) is 30.4 Å². The standard InChI is InChI=1S/C25H31ClN4O3/c1-24(2)14-20-23(32)28-19(22(31)29-25(15-27)8-9-25)13-17-6-7-21(18(26)12-17)33-11-5-3-4-10-30(20)16-24/h3,5-7,12,19-20H,4,8-11,13-14,16H2,1-2H3,(H,28,32)(H,29,31). The number of benzene rings is 1. The van der Waals surface area contributed by atoms with E-state index in [9.17, 15) is 14.9 Å². The maximum Gasteiger partial charge on any atom is 0.244 e. The Morgan fingerprint density at radius 3 is 2.82 bits per heavy atom. The molecule has 0 spiro atoms. The molecule has 8 heteroatoms. The number of rotatable bonds is 2. The summed E-state index contributed by atoms with van der Waals surface area (Å²) in [7, 11) is 0. The maximum atomic E-state index is 13.4. The summed E-state index contributed by atoms with van der Waals surface area (Å²) < 4.78 is 5.77. The first-order valence-corrected chi connectivity index (χ1v) is 11.9. The van der Waals surface area contributed by atoms with E-state index in [4.69, 9.17) is 16.3 Å². The van der Waals surface area contributed by atoms with Crippen molar-refractivity contribution in [3.63, 3.8) is 0 Å². The van der Waals surface area contributed by atoms with Crippen LogP contribution in [0.5, 0.6) is 5.75 Å². The van der Waals surface area contributed by atoms with Crippen LogP contribution in [0.3, 0.4) is 0 Å². The molecule has 5 rings (SSSR count). The zero-order valence-corrected chi connectivity index (χ0v) is 20.0. The van der Waals surface area contributed by atoms with Crippen LogP contribution in [0.4, 0.5) is 0 Å². The molecule has 1 aliphatic carbocycles. The van der Waals surface area contributed by atoms with Gasteiger partial charge in [-0.25, -0.2) is 0 Å². The number of nitriles is 1. The lowest BCUT2D eigenvalue weighted by atomic mass is 9.90. The van der Waals surface area contributed by atoms with Crippen molar-refractivity contribution >= 4 is 23.4 Å². The van der Waals surface area contributed by atoms with Gasteiger partial charge in [0.15, 0.2) is 0 Å². The van der Waals surface area contributed by atoms with Gasteiger partial charge in [0.25, 0.3) is 0 Å². The molecular formula is C25H31ClN4O3. The van der Waals surface area contributed by atoms with Crippen molar-refractivity contribution in [3.05, 3.63) is 40.9 Å². The van der Waals surface area contributed by atoms with E-state index >= 15 is 0 Å². The lowest BCUT2D eigenvalue weighted by molar-refractivity contribution is -0.131. The van der Waals surface area contributed by atoms with E-state index in [1.165, 1.54) is 0 Å². The summed E-state index contributed by atoms with van der Waals surface area (Å²) in [4.78, 5) is 28.8. The predicted molar refractivity (Wildman–Crippen MR) is 126 cm³/mol. The monoisotopic (exact) mass is 470 g/mol. The van der Waals surface area contributed by atoms with Gasteiger partial charge in [0.05, 0.1) is 17.1 Å². The average molecular weight is 471 g/mol. The molecule has 2 fully saturated rings. The van der Waals surface area contributed by atoms with Gasteiger partial charge in [-0.3, -0.25) is 14.5 Å². The summed E-state index contributed by atoms with van der Waals surface area (Å²) >= 11 is 6.41. The van der Waals surface area contributed by atoms with Crippen molar-refractivity contribution in [1.82, 2.24) is 15.5 Å². The van der Waals surface area contributed by atoms with Gasteiger partial charge >= 0.3 is 0 Å². The first kappa shape index (κ1) is 23.6. The molecule has 2 N–H and O–H groups in total. The number of nitrogens with zero attached hydrogens (tertiary/aromatic N) is 2. The van der Waals surface area contributed by atoms with E-state index in [0.29, 0.717) is 30.2 Å². The lowest BCUT2D eigenvalue weighted by Crippen LogP contribution is -2.55. The van der Waals surface area contributed by atoms with E-state index in [1.807, 2.05) is 12.1 Å². The van der Waals surface area contributed by atoms with Gasteiger partial charge in [-0.05, 0) is 48.8 Å². The van der Waals surface area contributed by atoms with Crippen molar-refractivity contribution in [1.29, 1.82) is 5.26 Å². The number of carbonyl (C=O) groups excluding carboxylic acids is 2. The number of fused-ring (bicyclic) bond motifs is 9. The van der Waals surface area contributed by atoms with Crippen molar-refractivity contribution in [2.45, 2.75) is 63.6 Å². The Morgan fingerprint density at radius 1 is 1.33 bits per heavy atom. The van der Waals surface area contributed by atoms with Crippen LogP contribution in [0, 0.1) is 16.7 Å². The number of carbonyl (C=O) groups is 2. The molecule has 2 unspecified atom stereocenters. The fraction of sp³-hybridized carbons (Fsp3) is 0.560. The minimum absolute atomic E-state index is 0.0114. The van der Waals surface area contributed by atoms with E-state index in [1.54, 1.807) is 12.1 Å². The molecule has 2 amide bonds. The fourth-order valence-electron chi connectivity index (χ4n) is 4.65. The molecule has 0 aromatic heterocycles. The molecule has 1 saturated carbocycles. The van der Waals surface area contributed by atoms with Crippen LogP contribution in [-0.4, -0.2) is 54.0 Å². The van der Waals surface area contributed by atoms with Crippen molar-refractivity contribution in [2.24, 2.45) is 5.41 Å². The second kappa shape index (κ2) is 9.36. The van der Waals surface area contributed by atoms with E-state index < -0.39 is 11.6 Å². The zero-order valence-electron chi connectivity index (χ0n) is 19.2. The number of hydrogen-bond acceptors (Lipinski definition) is 5. The van der Waals surface area contributed by atoms with Crippen molar-refractivity contribution in [2.75, 3.05) is 19.7 Å². The summed E-state index contributed by atoms with van der Waals surface area (Å²) in [6, 6.07) is 6.48. The Morgan fingerprint density at radius 2 is 2.12 bits per heavy atom. The largest absolute Gasteiger partial charge is 0.488 e. The molecule has 176 valence electrons. The molecule has 1 aromatic rings. The Kier molecular flexibility index (Phi) is 6.69. The number of amides is 2. The molecule has 3 heterocycles. The molecule has 4 aliphatic rings. The van der Waals surface area contributed by atoms with Gasteiger partial charge in [-0.15, -0.1) is 0 Å².